The quantitative estimate of drug-likeness (QED) is 0.399. The Labute approximate surface area is 218 Å². The molecule has 2 aromatic carbocycles. The van der Waals surface area contributed by atoms with Crippen molar-refractivity contribution in [1.82, 2.24) is 19.8 Å². The van der Waals surface area contributed by atoms with E-state index in [0.717, 1.165) is 22.8 Å². The average Bonchev–Trinajstić information content (AvgIpc) is 3.62. The summed E-state index contributed by atoms with van der Waals surface area (Å²) in [6.07, 6.45) is 3.44. The van der Waals surface area contributed by atoms with Gasteiger partial charge in [0.15, 0.2) is 5.76 Å². The number of carbonyl (C=O) groups is 2. The van der Waals surface area contributed by atoms with Crippen molar-refractivity contribution >= 4 is 23.6 Å². The van der Waals surface area contributed by atoms with Crippen molar-refractivity contribution in [2.45, 2.75) is 13.1 Å². The van der Waals surface area contributed by atoms with E-state index in [2.05, 4.69) is 16.4 Å². The Morgan fingerprint density at radius 1 is 1.05 bits per heavy atom. The molecule has 37 heavy (non-hydrogen) atoms. The zero-order chi connectivity index (χ0) is 25.6. The van der Waals surface area contributed by atoms with Gasteiger partial charge in [-0.05, 0) is 35.9 Å². The molecule has 0 spiro atoms. The lowest BCUT2D eigenvalue weighted by atomic mass is 10.0. The number of benzene rings is 2. The zero-order valence-corrected chi connectivity index (χ0v) is 20.9. The van der Waals surface area contributed by atoms with E-state index >= 15 is 0 Å². The molecule has 0 bridgehead atoms. The van der Waals surface area contributed by atoms with Gasteiger partial charge in [0.1, 0.15) is 5.76 Å². The molecule has 2 amide bonds. The molecule has 5 rings (SSSR count). The van der Waals surface area contributed by atoms with Crippen LogP contribution in [0.2, 0.25) is 0 Å². The largest absolute Gasteiger partial charge is 0.451 e. The summed E-state index contributed by atoms with van der Waals surface area (Å²) in [5.41, 5.74) is 3.57. The Kier molecular flexibility index (Phi) is 7.38. The van der Waals surface area contributed by atoms with Gasteiger partial charge in [-0.15, -0.1) is 0 Å². The number of nitriles is 1. The smallest absolute Gasteiger partial charge is 0.289 e. The molecular formula is C28H25N5O3S. The SMILES string of the molecule is N#Cc1ccc(Cn2cncc2CNC(=O)c2ccccc2-c2ccc(C(=O)N3CCSCC3)o2)cc1. The number of furan rings is 1. The average molecular weight is 512 g/mol. The van der Waals surface area contributed by atoms with Crippen LogP contribution in [0.4, 0.5) is 0 Å². The van der Waals surface area contributed by atoms with Gasteiger partial charge in [-0.3, -0.25) is 9.59 Å². The molecule has 1 fully saturated rings. The Morgan fingerprint density at radius 2 is 1.84 bits per heavy atom. The molecule has 186 valence electrons. The highest BCUT2D eigenvalue weighted by molar-refractivity contribution is 7.99. The Balaban J connectivity index is 1.27. The third kappa shape index (κ3) is 5.60. The van der Waals surface area contributed by atoms with Crippen molar-refractivity contribution in [2.75, 3.05) is 24.6 Å². The molecule has 3 heterocycles. The van der Waals surface area contributed by atoms with Crippen LogP contribution in [0.5, 0.6) is 0 Å². The molecule has 8 nitrogen and oxygen atoms in total. The van der Waals surface area contributed by atoms with Gasteiger partial charge in [-0.2, -0.15) is 17.0 Å². The molecule has 1 N–H and O–H groups in total. The maximum atomic E-state index is 13.2. The number of nitrogens with one attached hydrogen (secondary N) is 1. The van der Waals surface area contributed by atoms with E-state index in [1.165, 1.54) is 0 Å². The number of nitrogens with zero attached hydrogens (tertiary/aromatic N) is 4. The second kappa shape index (κ2) is 11.2. The molecule has 0 radical (unpaired) electrons. The number of thioether (sulfide) groups is 1. The number of carbonyl (C=O) groups excluding carboxylic acids is 2. The molecule has 1 aliphatic heterocycles. The van der Waals surface area contributed by atoms with E-state index in [0.29, 0.717) is 42.1 Å². The number of amides is 2. The summed E-state index contributed by atoms with van der Waals surface area (Å²) in [4.78, 5) is 32.0. The minimum atomic E-state index is -0.251. The van der Waals surface area contributed by atoms with Gasteiger partial charge in [-0.1, -0.05) is 30.3 Å². The number of rotatable bonds is 7. The summed E-state index contributed by atoms with van der Waals surface area (Å²) < 4.78 is 7.87. The van der Waals surface area contributed by atoms with Crippen LogP contribution in [0, 0.1) is 11.3 Å². The van der Waals surface area contributed by atoms with E-state index in [1.807, 2.05) is 40.6 Å². The molecule has 0 aliphatic carbocycles. The minimum Gasteiger partial charge on any atom is -0.451 e. The van der Waals surface area contributed by atoms with Gasteiger partial charge in [0.2, 0.25) is 0 Å². The highest BCUT2D eigenvalue weighted by atomic mass is 32.2. The Bertz CT molecular complexity index is 1440. The highest BCUT2D eigenvalue weighted by Crippen LogP contribution is 2.27. The third-order valence-corrected chi connectivity index (χ3v) is 7.16. The topological polar surface area (TPSA) is 104 Å². The van der Waals surface area contributed by atoms with Gasteiger partial charge in [-0.25, -0.2) is 4.98 Å². The molecule has 0 atom stereocenters. The maximum absolute atomic E-state index is 13.2. The number of hydrogen-bond donors (Lipinski definition) is 1. The number of aromatic nitrogens is 2. The molecule has 0 saturated carbocycles. The summed E-state index contributed by atoms with van der Waals surface area (Å²) in [7, 11) is 0. The predicted molar refractivity (Wildman–Crippen MR) is 141 cm³/mol. The predicted octanol–water partition coefficient (Wildman–Crippen LogP) is 4.18. The lowest BCUT2D eigenvalue weighted by Crippen LogP contribution is -2.37. The van der Waals surface area contributed by atoms with Gasteiger partial charge >= 0.3 is 0 Å². The lowest BCUT2D eigenvalue weighted by molar-refractivity contribution is 0.0741. The fraction of sp³-hybridized carbons (Fsp3) is 0.214. The van der Waals surface area contributed by atoms with Crippen molar-refractivity contribution in [1.29, 1.82) is 5.26 Å². The summed E-state index contributed by atoms with van der Waals surface area (Å²) >= 11 is 1.84. The van der Waals surface area contributed by atoms with Gasteiger partial charge in [0.05, 0.1) is 35.8 Å². The molecule has 0 unspecified atom stereocenters. The van der Waals surface area contributed by atoms with Crippen molar-refractivity contribution in [3.05, 3.63) is 101 Å². The third-order valence-electron chi connectivity index (χ3n) is 6.22. The first kappa shape index (κ1) is 24.4. The fourth-order valence-electron chi connectivity index (χ4n) is 4.20. The van der Waals surface area contributed by atoms with Crippen LogP contribution in [0.1, 0.15) is 37.7 Å². The lowest BCUT2D eigenvalue weighted by Gasteiger charge is -2.25. The Hall–Kier alpha value is -4.29. The van der Waals surface area contributed by atoms with Gasteiger partial charge in [0, 0.05) is 42.9 Å². The fourth-order valence-corrected chi connectivity index (χ4v) is 5.10. The van der Waals surface area contributed by atoms with Crippen LogP contribution in [0.3, 0.4) is 0 Å². The molecule has 4 aromatic rings. The van der Waals surface area contributed by atoms with E-state index in [-0.39, 0.29) is 24.1 Å². The maximum Gasteiger partial charge on any atom is 0.289 e. The standard InChI is InChI=1S/C28H25N5O3S/c29-15-20-5-7-21(8-6-20)18-33-19-30-16-22(33)17-31-27(34)24-4-2-1-3-23(24)25-9-10-26(36-25)28(35)32-11-13-37-14-12-32/h1-10,16,19H,11-14,17-18H2,(H,31,34). The Morgan fingerprint density at radius 3 is 2.62 bits per heavy atom. The van der Waals surface area contributed by atoms with E-state index in [1.54, 1.807) is 53.8 Å². The summed E-state index contributed by atoms with van der Waals surface area (Å²) in [5, 5.41) is 12.0. The van der Waals surface area contributed by atoms with Crippen molar-refractivity contribution < 1.29 is 14.0 Å². The van der Waals surface area contributed by atoms with Crippen molar-refractivity contribution in [3.8, 4) is 17.4 Å². The molecule has 1 aliphatic rings. The minimum absolute atomic E-state index is 0.121. The second-order valence-electron chi connectivity index (χ2n) is 8.62. The molecule has 1 saturated heterocycles. The number of hydrogen-bond acceptors (Lipinski definition) is 6. The van der Waals surface area contributed by atoms with Crippen LogP contribution in [-0.4, -0.2) is 50.9 Å². The highest BCUT2D eigenvalue weighted by Gasteiger charge is 2.23. The van der Waals surface area contributed by atoms with Gasteiger partial charge in [0.25, 0.3) is 11.8 Å². The van der Waals surface area contributed by atoms with E-state index in [9.17, 15) is 9.59 Å². The van der Waals surface area contributed by atoms with Crippen LogP contribution >= 0.6 is 11.8 Å². The summed E-state index contributed by atoms with van der Waals surface area (Å²) in [6, 6.07) is 20.1. The summed E-state index contributed by atoms with van der Waals surface area (Å²) in [5.74, 6) is 2.24. The van der Waals surface area contributed by atoms with Crippen LogP contribution in [0.15, 0.2) is 77.6 Å². The summed E-state index contributed by atoms with van der Waals surface area (Å²) in [6.45, 7) is 2.28. The van der Waals surface area contributed by atoms with Gasteiger partial charge < -0.3 is 19.2 Å². The monoisotopic (exact) mass is 511 g/mol. The molecular weight excluding hydrogens is 486 g/mol. The normalized spacial score (nSPS) is 13.2. The first-order chi connectivity index (χ1) is 18.1. The first-order valence-corrected chi connectivity index (χ1v) is 13.1. The molecule has 9 heteroatoms. The van der Waals surface area contributed by atoms with Crippen molar-refractivity contribution in [2.24, 2.45) is 0 Å². The van der Waals surface area contributed by atoms with E-state index in [4.69, 9.17) is 9.68 Å². The molecule has 2 aromatic heterocycles. The van der Waals surface area contributed by atoms with Crippen LogP contribution in [0.25, 0.3) is 11.3 Å². The van der Waals surface area contributed by atoms with Crippen LogP contribution < -0.4 is 5.32 Å². The number of imidazole rings is 1. The second-order valence-corrected chi connectivity index (χ2v) is 9.84. The first-order valence-electron chi connectivity index (χ1n) is 11.9. The zero-order valence-electron chi connectivity index (χ0n) is 20.1. The van der Waals surface area contributed by atoms with E-state index < -0.39 is 0 Å². The van der Waals surface area contributed by atoms with Crippen molar-refractivity contribution in [3.63, 3.8) is 0 Å². The van der Waals surface area contributed by atoms with Crippen LogP contribution in [-0.2, 0) is 13.1 Å².